The Balaban J connectivity index is 2.57. The van der Waals surface area contributed by atoms with E-state index in [0.29, 0.717) is 12.3 Å². The van der Waals surface area contributed by atoms with Crippen LogP contribution in [0.2, 0.25) is 0 Å². The van der Waals surface area contributed by atoms with Crippen molar-refractivity contribution in [2.75, 3.05) is 23.8 Å². The van der Waals surface area contributed by atoms with Crippen LogP contribution in [0.25, 0.3) is 0 Å². The first-order chi connectivity index (χ1) is 8.65. The number of amides is 1. The smallest absolute Gasteiger partial charge is 0.411 e. The van der Waals surface area contributed by atoms with Crippen LogP contribution in [-0.4, -0.2) is 25.1 Å². The molecule has 0 aromatic heterocycles. The number of amidine groups is 1. The Bertz CT molecular complexity index is 413. The van der Waals surface area contributed by atoms with Crippen molar-refractivity contribution < 1.29 is 9.53 Å². The summed E-state index contributed by atoms with van der Waals surface area (Å²) in [6, 6.07) is 7.35. The fourth-order valence-corrected chi connectivity index (χ4v) is 1.41. The Morgan fingerprint density at radius 3 is 2.22 bits per heavy atom. The molecule has 0 heterocycles. The van der Waals surface area contributed by atoms with Gasteiger partial charge in [0.25, 0.3) is 0 Å². The number of carbonyl (C=O) groups is 1. The number of anilines is 2. The van der Waals surface area contributed by atoms with Gasteiger partial charge in [-0.25, -0.2) is 4.79 Å². The van der Waals surface area contributed by atoms with Crippen LogP contribution in [0.15, 0.2) is 29.3 Å². The van der Waals surface area contributed by atoms with Crippen molar-refractivity contribution in [3.8, 4) is 0 Å². The van der Waals surface area contributed by atoms with E-state index in [1.54, 1.807) is 19.1 Å². The van der Waals surface area contributed by atoms with E-state index in [1.807, 2.05) is 26.0 Å². The number of ether oxygens (including phenoxy) is 1. The first-order valence-corrected chi connectivity index (χ1v) is 5.97. The van der Waals surface area contributed by atoms with Gasteiger partial charge in [-0.1, -0.05) is 0 Å². The van der Waals surface area contributed by atoms with Crippen molar-refractivity contribution >= 4 is 23.3 Å². The van der Waals surface area contributed by atoms with Gasteiger partial charge in [-0.15, -0.1) is 0 Å². The normalized spacial score (nSPS) is 10.9. The minimum absolute atomic E-state index is 0.359. The second-order valence-electron chi connectivity index (χ2n) is 3.61. The van der Waals surface area contributed by atoms with Crippen LogP contribution in [0.1, 0.15) is 20.8 Å². The Morgan fingerprint density at radius 2 is 1.72 bits per heavy atom. The lowest BCUT2D eigenvalue weighted by Gasteiger charge is -2.08. The number of benzene rings is 1. The first kappa shape index (κ1) is 14.0. The van der Waals surface area contributed by atoms with Crippen molar-refractivity contribution in [3.05, 3.63) is 24.3 Å². The highest BCUT2D eigenvalue weighted by molar-refractivity contribution is 5.94. The van der Waals surface area contributed by atoms with E-state index in [2.05, 4.69) is 15.6 Å². The molecule has 0 aliphatic rings. The minimum atomic E-state index is -0.443. The number of carbonyl (C=O) groups excluding carboxylic acids is 1. The lowest BCUT2D eigenvalue weighted by molar-refractivity contribution is 0.168. The summed E-state index contributed by atoms with van der Waals surface area (Å²) in [6.45, 7) is 6.77. The summed E-state index contributed by atoms with van der Waals surface area (Å²) in [7, 11) is 0. The van der Waals surface area contributed by atoms with Crippen molar-refractivity contribution in [1.82, 2.24) is 0 Å². The molecule has 5 nitrogen and oxygen atoms in total. The molecule has 0 spiro atoms. The predicted molar refractivity (Wildman–Crippen MR) is 74.4 cm³/mol. The van der Waals surface area contributed by atoms with Crippen LogP contribution in [0.5, 0.6) is 0 Å². The van der Waals surface area contributed by atoms with Gasteiger partial charge in [0, 0.05) is 17.9 Å². The van der Waals surface area contributed by atoms with Gasteiger partial charge in [0.1, 0.15) is 0 Å². The molecule has 0 radical (unpaired) electrons. The lowest BCUT2D eigenvalue weighted by atomic mass is 10.3. The molecule has 0 saturated carbocycles. The summed E-state index contributed by atoms with van der Waals surface area (Å²) in [5.74, 6) is 0.864. The topological polar surface area (TPSA) is 62.7 Å². The van der Waals surface area contributed by atoms with Gasteiger partial charge < -0.3 is 10.1 Å². The lowest BCUT2D eigenvalue weighted by Crippen LogP contribution is -2.13. The fourth-order valence-electron chi connectivity index (χ4n) is 1.41. The molecule has 1 aromatic rings. The molecular formula is C13H19N3O2. The number of rotatable bonds is 4. The third kappa shape index (κ3) is 4.86. The summed E-state index contributed by atoms with van der Waals surface area (Å²) < 4.78 is 4.79. The zero-order valence-corrected chi connectivity index (χ0v) is 11.0. The molecule has 1 aromatic carbocycles. The molecule has 0 aliphatic heterocycles. The van der Waals surface area contributed by atoms with Crippen LogP contribution >= 0.6 is 0 Å². The van der Waals surface area contributed by atoms with Crippen LogP contribution < -0.4 is 10.6 Å². The highest BCUT2D eigenvalue weighted by Crippen LogP contribution is 2.13. The summed E-state index contributed by atoms with van der Waals surface area (Å²) in [6.07, 6.45) is -0.443. The van der Waals surface area contributed by atoms with Gasteiger partial charge in [-0.3, -0.25) is 10.3 Å². The molecule has 0 bridgehead atoms. The number of nitrogens with one attached hydrogen (secondary N) is 2. The molecule has 0 atom stereocenters. The van der Waals surface area contributed by atoms with Crippen molar-refractivity contribution in [2.45, 2.75) is 20.8 Å². The van der Waals surface area contributed by atoms with E-state index in [1.165, 1.54) is 0 Å². The maximum atomic E-state index is 11.2. The highest BCUT2D eigenvalue weighted by atomic mass is 16.5. The molecule has 1 rings (SSSR count). The van der Waals surface area contributed by atoms with E-state index < -0.39 is 6.09 Å². The monoisotopic (exact) mass is 249 g/mol. The molecule has 0 unspecified atom stereocenters. The molecule has 0 aliphatic carbocycles. The summed E-state index contributed by atoms with van der Waals surface area (Å²) in [4.78, 5) is 15.4. The average molecular weight is 249 g/mol. The predicted octanol–water partition coefficient (Wildman–Crippen LogP) is 3.11. The third-order valence-corrected chi connectivity index (χ3v) is 2.13. The zero-order valence-electron chi connectivity index (χ0n) is 11.0. The van der Waals surface area contributed by atoms with Gasteiger partial charge in [-0.05, 0) is 45.0 Å². The van der Waals surface area contributed by atoms with Crippen LogP contribution in [0.3, 0.4) is 0 Å². The second-order valence-corrected chi connectivity index (χ2v) is 3.61. The quantitative estimate of drug-likeness (QED) is 0.636. The summed E-state index contributed by atoms with van der Waals surface area (Å²) in [5, 5.41) is 5.78. The van der Waals surface area contributed by atoms with Gasteiger partial charge >= 0.3 is 6.09 Å². The Labute approximate surface area is 107 Å². The molecule has 0 fully saturated rings. The molecule has 2 N–H and O–H groups in total. The first-order valence-electron chi connectivity index (χ1n) is 5.97. The van der Waals surface area contributed by atoms with E-state index >= 15 is 0 Å². The highest BCUT2D eigenvalue weighted by Gasteiger charge is 2.01. The maximum Gasteiger partial charge on any atom is 0.411 e. The van der Waals surface area contributed by atoms with Crippen molar-refractivity contribution in [3.63, 3.8) is 0 Å². The minimum Gasteiger partial charge on any atom is -0.450 e. The maximum absolute atomic E-state index is 11.2. The van der Waals surface area contributed by atoms with E-state index in [9.17, 15) is 4.79 Å². The molecule has 98 valence electrons. The van der Waals surface area contributed by atoms with Crippen LogP contribution in [0, 0.1) is 0 Å². The molecule has 5 heteroatoms. The summed E-state index contributed by atoms with van der Waals surface area (Å²) >= 11 is 0. The number of hydrogen-bond acceptors (Lipinski definition) is 3. The largest absolute Gasteiger partial charge is 0.450 e. The van der Waals surface area contributed by atoms with Crippen LogP contribution in [-0.2, 0) is 4.74 Å². The standard InChI is InChI=1S/C13H19N3O2/c1-4-14-10(3)15-11-6-8-12(9-7-11)16-13(17)18-5-2/h6-9H,4-5H2,1-3H3,(H,14,15)(H,16,17). The number of hydrogen-bond donors (Lipinski definition) is 2. The fraction of sp³-hybridized carbons (Fsp3) is 0.385. The third-order valence-electron chi connectivity index (χ3n) is 2.13. The van der Waals surface area contributed by atoms with Gasteiger partial charge in [0.2, 0.25) is 0 Å². The van der Waals surface area contributed by atoms with Gasteiger partial charge in [0.15, 0.2) is 0 Å². The Hall–Kier alpha value is -2.04. The molecule has 0 saturated heterocycles. The SMILES string of the molecule is CCN=C(C)Nc1ccc(NC(=O)OCC)cc1. The zero-order chi connectivity index (χ0) is 13.4. The molecule has 1 amide bonds. The summed E-state index contributed by atoms with van der Waals surface area (Å²) in [5.41, 5.74) is 1.63. The van der Waals surface area contributed by atoms with E-state index in [-0.39, 0.29) is 0 Å². The van der Waals surface area contributed by atoms with Crippen molar-refractivity contribution in [1.29, 1.82) is 0 Å². The van der Waals surface area contributed by atoms with Crippen LogP contribution in [0.4, 0.5) is 16.2 Å². The average Bonchev–Trinajstić information content (AvgIpc) is 2.32. The van der Waals surface area contributed by atoms with E-state index in [4.69, 9.17) is 4.74 Å². The van der Waals surface area contributed by atoms with E-state index in [0.717, 1.165) is 18.1 Å². The number of aliphatic imine (C=N–C) groups is 1. The van der Waals surface area contributed by atoms with Crippen molar-refractivity contribution in [2.24, 2.45) is 4.99 Å². The molecular weight excluding hydrogens is 230 g/mol. The Morgan fingerprint density at radius 1 is 1.17 bits per heavy atom. The Kier molecular flexibility index (Phi) is 5.70. The van der Waals surface area contributed by atoms with Gasteiger partial charge in [0.05, 0.1) is 12.4 Å². The van der Waals surface area contributed by atoms with Gasteiger partial charge in [-0.2, -0.15) is 0 Å². The second kappa shape index (κ2) is 7.32. The number of nitrogens with zero attached hydrogens (tertiary/aromatic N) is 1. The molecule has 18 heavy (non-hydrogen) atoms.